The summed E-state index contributed by atoms with van der Waals surface area (Å²) >= 11 is 5.97. The molecule has 0 radical (unpaired) electrons. The summed E-state index contributed by atoms with van der Waals surface area (Å²) in [5, 5.41) is 1.30. The molecular weight excluding hydrogens is 340 g/mol. The standard InChI is InChI=1S/C15H19ClN2O4S/c1-3-23(20,21)17-10-12-5-4-8-18(12)15(19)13-9-11(16)6-7-14(13)22-2/h3,6-7,9,12,17H,1,4-5,8,10H2,2H3. The second-order valence-electron chi connectivity index (χ2n) is 5.20. The fourth-order valence-corrected chi connectivity index (χ4v) is 3.30. The second-order valence-corrected chi connectivity index (χ2v) is 7.35. The maximum Gasteiger partial charge on any atom is 0.257 e. The Morgan fingerprint density at radius 3 is 2.96 bits per heavy atom. The number of halogens is 1. The number of nitrogens with zero attached hydrogens (tertiary/aromatic N) is 1. The second kappa shape index (κ2) is 7.33. The molecule has 1 unspecified atom stereocenters. The van der Waals surface area contributed by atoms with Crippen LogP contribution < -0.4 is 9.46 Å². The fraction of sp³-hybridized carbons (Fsp3) is 0.400. The summed E-state index contributed by atoms with van der Waals surface area (Å²) < 4.78 is 30.6. The highest BCUT2D eigenvalue weighted by atomic mass is 35.5. The van der Waals surface area contributed by atoms with E-state index in [1.165, 1.54) is 7.11 Å². The summed E-state index contributed by atoms with van der Waals surface area (Å²) in [6.45, 7) is 3.97. The van der Waals surface area contributed by atoms with Crippen LogP contribution >= 0.6 is 11.6 Å². The van der Waals surface area contributed by atoms with Crippen molar-refractivity contribution < 1.29 is 17.9 Å². The van der Waals surface area contributed by atoms with Gasteiger partial charge in [0.15, 0.2) is 0 Å². The SMILES string of the molecule is C=CS(=O)(=O)NCC1CCCN1C(=O)c1cc(Cl)ccc1OC. The number of carbonyl (C=O) groups is 1. The predicted molar refractivity (Wildman–Crippen MR) is 89.2 cm³/mol. The topological polar surface area (TPSA) is 75.7 Å². The summed E-state index contributed by atoms with van der Waals surface area (Å²) in [4.78, 5) is 14.4. The Hall–Kier alpha value is -1.57. The lowest BCUT2D eigenvalue weighted by Crippen LogP contribution is -2.42. The minimum absolute atomic E-state index is 0.156. The van der Waals surface area contributed by atoms with E-state index in [2.05, 4.69) is 11.3 Å². The first-order chi connectivity index (χ1) is 10.9. The predicted octanol–water partition coefficient (Wildman–Crippen LogP) is 2.02. The molecule has 1 aromatic rings. The number of rotatable bonds is 6. The van der Waals surface area contributed by atoms with Crippen LogP contribution in [0.2, 0.25) is 5.02 Å². The van der Waals surface area contributed by atoms with E-state index in [9.17, 15) is 13.2 Å². The Kier molecular flexibility index (Phi) is 5.67. The van der Waals surface area contributed by atoms with Crippen LogP contribution in [0.5, 0.6) is 5.75 Å². The molecule has 1 saturated heterocycles. The lowest BCUT2D eigenvalue weighted by atomic mass is 10.1. The highest BCUT2D eigenvalue weighted by Crippen LogP contribution is 2.27. The van der Waals surface area contributed by atoms with Gasteiger partial charge >= 0.3 is 0 Å². The minimum atomic E-state index is -3.51. The molecule has 2 rings (SSSR count). The zero-order valence-corrected chi connectivity index (χ0v) is 14.4. The van der Waals surface area contributed by atoms with Gasteiger partial charge in [-0.2, -0.15) is 0 Å². The molecule has 1 amide bonds. The lowest BCUT2D eigenvalue weighted by Gasteiger charge is -2.25. The molecule has 0 saturated carbocycles. The lowest BCUT2D eigenvalue weighted by molar-refractivity contribution is 0.0735. The number of likely N-dealkylation sites (tertiary alicyclic amines) is 1. The molecule has 1 fully saturated rings. The normalized spacial score (nSPS) is 18.0. The van der Waals surface area contributed by atoms with Crippen LogP contribution in [0.15, 0.2) is 30.2 Å². The van der Waals surface area contributed by atoms with Crippen molar-refractivity contribution in [3.63, 3.8) is 0 Å². The van der Waals surface area contributed by atoms with Crippen LogP contribution in [-0.4, -0.2) is 45.5 Å². The van der Waals surface area contributed by atoms with Crippen molar-refractivity contribution in [3.05, 3.63) is 40.8 Å². The van der Waals surface area contributed by atoms with Crippen LogP contribution in [0, 0.1) is 0 Å². The van der Waals surface area contributed by atoms with Gasteiger partial charge in [0.25, 0.3) is 5.91 Å². The van der Waals surface area contributed by atoms with E-state index in [0.717, 1.165) is 18.2 Å². The largest absolute Gasteiger partial charge is 0.496 e. The van der Waals surface area contributed by atoms with Crippen molar-refractivity contribution in [2.24, 2.45) is 0 Å². The molecule has 0 spiro atoms. The highest BCUT2D eigenvalue weighted by Gasteiger charge is 2.31. The minimum Gasteiger partial charge on any atom is -0.496 e. The number of benzene rings is 1. The molecule has 6 nitrogen and oxygen atoms in total. The molecule has 23 heavy (non-hydrogen) atoms. The summed E-state index contributed by atoms with van der Waals surface area (Å²) in [6, 6.07) is 4.64. The van der Waals surface area contributed by atoms with Crippen LogP contribution in [0.1, 0.15) is 23.2 Å². The van der Waals surface area contributed by atoms with E-state index < -0.39 is 10.0 Å². The van der Waals surface area contributed by atoms with E-state index in [-0.39, 0.29) is 18.5 Å². The Balaban J connectivity index is 2.18. The molecule has 1 aliphatic rings. The number of hydrogen-bond donors (Lipinski definition) is 1. The molecule has 1 heterocycles. The van der Waals surface area contributed by atoms with Gasteiger partial charge in [0.1, 0.15) is 5.75 Å². The Morgan fingerprint density at radius 1 is 1.57 bits per heavy atom. The molecule has 0 aliphatic carbocycles. The van der Waals surface area contributed by atoms with Gasteiger partial charge in [-0.25, -0.2) is 13.1 Å². The number of hydrogen-bond acceptors (Lipinski definition) is 4. The first kappa shape index (κ1) is 17.8. The number of sulfonamides is 1. The average Bonchev–Trinajstić information content (AvgIpc) is 3.01. The van der Waals surface area contributed by atoms with Crippen molar-refractivity contribution in [3.8, 4) is 5.75 Å². The molecular formula is C15H19ClN2O4S. The summed E-state index contributed by atoms with van der Waals surface area (Å²) in [5.74, 6) is 0.223. The Morgan fingerprint density at radius 2 is 2.30 bits per heavy atom. The third kappa shape index (κ3) is 4.25. The molecule has 8 heteroatoms. The zero-order valence-electron chi connectivity index (χ0n) is 12.8. The number of ether oxygens (including phenoxy) is 1. The van der Waals surface area contributed by atoms with Crippen LogP contribution in [0.3, 0.4) is 0 Å². The van der Waals surface area contributed by atoms with Crippen molar-refractivity contribution in [1.29, 1.82) is 0 Å². The number of methoxy groups -OCH3 is 1. The van der Waals surface area contributed by atoms with Crippen molar-refractivity contribution in [1.82, 2.24) is 9.62 Å². The maximum absolute atomic E-state index is 12.8. The number of carbonyl (C=O) groups excluding carboxylic acids is 1. The van der Waals surface area contributed by atoms with Gasteiger partial charge in [0.2, 0.25) is 10.0 Å². The van der Waals surface area contributed by atoms with Crippen LogP contribution in [0.4, 0.5) is 0 Å². The van der Waals surface area contributed by atoms with Crippen molar-refractivity contribution in [2.75, 3.05) is 20.2 Å². The number of amides is 1. The molecule has 1 aromatic carbocycles. The van der Waals surface area contributed by atoms with E-state index in [1.54, 1.807) is 23.1 Å². The van der Waals surface area contributed by atoms with Gasteiger partial charge in [-0.1, -0.05) is 18.2 Å². The molecule has 0 bridgehead atoms. The van der Waals surface area contributed by atoms with E-state index in [1.807, 2.05) is 0 Å². The molecule has 0 aromatic heterocycles. The van der Waals surface area contributed by atoms with Crippen molar-refractivity contribution in [2.45, 2.75) is 18.9 Å². The first-order valence-corrected chi connectivity index (χ1v) is 9.07. The van der Waals surface area contributed by atoms with Gasteiger partial charge < -0.3 is 9.64 Å². The Labute approximate surface area is 141 Å². The van der Waals surface area contributed by atoms with E-state index in [4.69, 9.17) is 16.3 Å². The Bertz CT molecular complexity index is 705. The van der Waals surface area contributed by atoms with Gasteiger partial charge in [-0.3, -0.25) is 4.79 Å². The third-order valence-corrected chi connectivity index (χ3v) is 5.01. The highest BCUT2D eigenvalue weighted by molar-refractivity contribution is 7.92. The molecule has 1 N–H and O–H groups in total. The first-order valence-electron chi connectivity index (χ1n) is 7.14. The van der Waals surface area contributed by atoms with E-state index in [0.29, 0.717) is 22.9 Å². The fourth-order valence-electron chi connectivity index (χ4n) is 2.59. The van der Waals surface area contributed by atoms with Gasteiger partial charge in [0, 0.05) is 29.6 Å². The summed E-state index contributed by atoms with van der Waals surface area (Å²) in [5.41, 5.74) is 0.374. The average molecular weight is 359 g/mol. The smallest absolute Gasteiger partial charge is 0.257 e. The summed E-state index contributed by atoms with van der Waals surface area (Å²) in [6.07, 6.45) is 1.55. The monoisotopic (exact) mass is 358 g/mol. The zero-order chi connectivity index (χ0) is 17.0. The van der Waals surface area contributed by atoms with Crippen LogP contribution in [0.25, 0.3) is 0 Å². The van der Waals surface area contributed by atoms with E-state index >= 15 is 0 Å². The third-order valence-electron chi connectivity index (χ3n) is 3.77. The van der Waals surface area contributed by atoms with Gasteiger partial charge in [-0.15, -0.1) is 0 Å². The molecule has 126 valence electrons. The summed E-state index contributed by atoms with van der Waals surface area (Å²) in [7, 11) is -2.02. The quantitative estimate of drug-likeness (QED) is 0.844. The maximum atomic E-state index is 12.8. The molecule has 1 atom stereocenters. The molecule has 1 aliphatic heterocycles. The number of nitrogens with one attached hydrogen (secondary N) is 1. The van der Waals surface area contributed by atoms with Gasteiger partial charge in [0.05, 0.1) is 12.7 Å². The van der Waals surface area contributed by atoms with Crippen LogP contribution in [-0.2, 0) is 10.0 Å². The van der Waals surface area contributed by atoms with Gasteiger partial charge in [-0.05, 0) is 31.0 Å². The van der Waals surface area contributed by atoms with Crippen molar-refractivity contribution >= 4 is 27.5 Å².